The zero-order chi connectivity index (χ0) is 11.8. The Morgan fingerprint density at radius 3 is 2.94 bits per heavy atom. The number of anilines is 1. The Morgan fingerprint density at radius 2 is 2.18 bits per heavy atom. The highest BCUT2D eigenvalue weighted by Gasteiger charge is 2.14. The first-order chi connectivity index (χ1) is 8.24. The average Bonchev–Trinajstić information content (AvgIpc) is 2.75. The number of thiazole rings is 1. The van der Waals surface area contributed by atoms with E-state index < -0.39 is 0 Å². The largest absolute Gasteiger partial charge is 0.375 e. The number of nitrogen functional groups attached to an aromatic ring is 1. The third-order valence-electron chi connectivity index (χ3n) is 3.14. The van der Waals surface area contributed by atoms with Gasteiger partial charge in [-0.25, -0.2) is 4.98 Å². The predicted molar refractivity (Wildman–Crippen MR) is 69.2 cm³/mol. The van der Waals surface area contributed by atoms with Crippen molar-refractivity contribution in [3.63, 3.8) is 0 Å². The summed E-state index contributed by atoms with van der Waals surface area (Å²) in [6.45, 7) is 0. The van der Waals surface area contributed by atoms with Gasteiger partial charge in [-0.05, 0) is 37.3 Å². The fraction of sp³-hybridized carbons (Fsp3) is 0.333. The molecule has 0 aromatic carbocycles. The average molecular weight is 247 g/mol. The molecule has 0 amide bonds. The number of nitrogens with two attached hydrogens (primary N) is 1. The second-order valence-corrected chi connectivity index (χ2v) is 5.18. The number of nitrogens with one attached hydrogen (secondary N) is 1. The lowest BCUT2D eigenvalue weighted by Crippen LogP contribution is -2.16. The van der Waals surface area contributed by atoms with Gasteiger partial charge in [-0.15, -0.1) is 11.3 Å². The van der Waals surface area contributed by atoms with Gasteiger partial charge in [-0.1, -0.05) is 0 Å². The standard InChI is InChI=1S/C12H13N3OS/c13-12-15-10(6-17-12)8-5-7-3-1-2-4-9(7)14-11(8)16/h5-6H,1-4H2,(H2,13,15)(H,14,16). The number of H-pyrrole nitrogens is 1. The summed E-state index contributed by atoms with van der Waals surface area (Å²) in [5.74, 6) is 0. The van der Waals surface area contributed by atoms with Crippen molar-refractivity contribution in [2.24, 2.45) is 0 Å². The van der Waals surface area contributed by atoms with Gasteiger partial charge in [0.25, 0.3) is 5.56 Å². The zero-order valence-electron chi connectivity index (χ0n) is 9.32. The van der Waals surface area contributed by atoms with Crippen molar-refractivity contribution in [1.82, 2.24) is 9.97 Å². The lowest BCUT2D eigenvalue weighted by Gasteiger charge is -2.15. The molecule has 4 nitrogen and oxygen atoms in total. The summed E-state index contributed by atoms with van der Waals surface area (Å²) in [6.07, 6.45) is 4.37. The Hall–Kier alpha value is -1.62. The van der Waals surface area contributed by atoms with Crippen LogP contribution in [-0.4, -0.2) is 9.97 Å². The molecule has 0 aliphatic heterocycles. The van der Waals surface area contributed by atoms with Crippen LogP contribution in [0.2, 0.25) is 0 Å². The molecule has 1 aliphatic rings. The number of nitrogens with zero attached hydrogens (tertiary/aromatic N) is 1. The highest BCUT2D eigenvalue weighted by Crippen LogP contribution is 2.24. The van der Waals surface area contributed by atoms with Crippen LogP contribution in [0.3, 0.4) is 0 Å². The molecule has 5 heteroatoms. The van der Waals surface area contributed by atoms with Crippen molar-refractivity contribution in [1.29, 1.82) is 0 Å². The smallest absolute Gasteiger partial charge is 0.257 e. The van der Waals surface area contributed by atoms with E-state index in [9.17, 15) is 4.79 Å². The minimum absolute atomic E-state index is 0.0593. The highest BCUT2D eigenvalue weighted by molar-refractivity contribution is 7.13. The van der Waals surface area contributed by atoms with Crippen molar-refractivity contribution < 1.29 is 0 Å². The van der Waals surface area contributed by atoms with Gasteiger partial charge in [-0.2, -0.15) is 0 Å². The second kappa shape index (κ2) is 4.00. The Labute approximate surface area is 103 Å². The van der Waals surface area contributed by atoms with Gasteiger partial charge < -0.3 is 10.7 Å². The van der Waals surface area contributed by atoms with E-state index in [2.05, 4.69) is 9.97 Å². The van der Waals surface area contributed by atoms with Crippen molar-refractivity contribution in [2.75, 3.05) is 5.73 Å². The van der Waals surface area contributed by atoms with E-state index in [0.29, 0.717) is 16.4 Å². The summed E-state index contributed by atoms with van der Waals surface area (Å²) >= 11 is 1.36. The normalized spacial score (nSPS) is 14.6. The highest BCUT2D eigenvalue weighted by atomic mass is 32.1. The number of hydrogen-bond acceptors (Lipinski definition) is 4. The molecule has 3 rings (SSSR count). The van der Waals surface area contributed by atoms with E-state index in [0.717, 1.165) is 25.0 Å². The molecule has 0 saturated heterocycles. The predicted octanol–water partition coefficient (Wildman–Crippen LogP) is 1.96. The summed E-state index contributed by atoms with van der Waals surface area (Å²) in [7, 11) is 0. The van der Waals surface area contributed by atoms with Gasteiger partial charge in [-0.3, -0.25) is 4.79 Å². The summed E-state index contributed by atoms with van der Waals surface area (Å²) in [6, 6.07) is 1.97. The van der Waals surface area contributed by atoms with Crippen LogP contribution in [0.5, 0.6) is 0 Å². The fourth-order valence-electron chi connectivity index (χ4n) is 2.28. The first kappa shape index (κ1) is 10.5. The molecule has 0 saturated carbocycles. The van der Waals surface area contributed by atoms with Gasteiger partial charge >= 0.3 is 0 Å². The van der Waals surface area contributed by atoms with Gasteiger partial charge in [0.15, 0.2) is 5.13 Å². The molecule has 17 heavy (non-hydrogen) atoms. The number of pyridine rings is 1. The maximum absolute atomic E-state index is 12.0. The first-order valence-corrected chi connectivity index (χ1v) is 6.58. The molecule has 0 atom stereocenters. The summed E-state index contributed by atoms with van der Waals surface area (Å²) in [4.78, 5) is 19.1. The van der Waals surface area contributed by atoms with E-state index in [1.165, 1.54) is 23.3 Å². The van der Waals surface area contributed by atoms with Crippen LogP contribution in [0.25, 0.3) is 11.3 Å². The van der Waals surface area contributed by atoms with E-state index >= 15 is 0 Å². The molecular weight excluding hydrogens is 234 g/mol. The van der Waals surface area contributed by atoms with Crippen LogP contribution in [0.15, 0.2) is 16.2 Å². The van der Waals surface area contributed by atoms with Crippen LogP contribution in [0, 0.1) is 0 Å². The first-order valence-electron chi connectivity index (χ1n) is 5.70. The molecule has 0 radical (unpaired) electrons. The van der Waals surface area contributed by atoms with E-state index in [-0.39, 0.29) is 5.56 Å². The third-order valence-corrected chi connectivity index (χ3v) is 3.81. The minimum atomic E-state index is -0.0593. The van der Waals surface area contributed by atoms with Crippen molar-refractivity contribution in [3.05, 3.63) is 33.1 Å². The topological polar surface area (TPSA) is 71.8 Å². The van der Waals surface area contributed by atoms with Crippen molar-refractivity contribution >= 4 is 16.5 Å². The van der Waals surface area contributed by atoms with E-state index in [4.69, 9.17) is 5.73 Å². The monoisotopic (exact) mass is 247 g/mol. The molecular formula is C12H13N3OS. The van der Waals surface area contributed by atoms with E-state index in [1.54, 1.807) is 0 Å². The number of hydrogen-bond donors (Lipinski definition) is 2. The summed E-state index contributed by atoms with van der Waals surface area (Å²) in [5, 5.41) is 2.33. The molecule has 0 fully saturated rings. The Kier molecular flexibility index (Phi) is 2.48. The van der Waals surface area contributed by atoms with Crippen molar-refractivity contribution in [3.8, 4) is 11.3 Å². The lowest BCUT2D eigenvalue weighted by molar-refractivity contribution is 0.665. The van der Waals surface area contributed by atoms with Crippen LogP contribution in [-0.2, 0) is 12.8 Å². The maximum Gasteiger partial charge on any atom is 0.257 e. The number of fused-ring (bicyclic) bond motifs is 1. The quantitative estimate of drug-likeness (QED) is 0.809. The lowest BCUT2D eigenvalue weighted by atomic mass is 9.94. The summed E-state index contributed by atoms with van der Waals surface area (Å²) in [5.41, 5.74) is 9.20. The minimum Gasteiger partial charge on any atom is -0.375 e. The second-order valence-electron chi connectivity index (χ2n) is 4.29. The number of aromatic amines is 1. The number of aryl methyl sites for hydroxylation is 2. The molecule has 88 valence electrons. The van der Waals surface area contributed by atoms with Gasteiger partial charge in [0.2, 0.25) is 0 Å². The molecule has 1 aliphatic carbocycles. The third kappa shape index (κ3) is 1.86. The Bertz CT molecular complexity index is 614. The molecule has 0 bridgehead atoms. The number of rotatable bonds is 1. The molecule has 2 aromatic rings. The Balaban J connectivity index is 2.14. The summed E-state index contributed by atoms with van der Waals surface area (Å²) < 4.78 is 0. The van der Waals surface area contributed by atoms with Crippen LogP contribution >= 0.6 is 11.3 Å². The molecule has 3 N–H and O–H groups in total. The molecule has 2 heterocycles. The molecule has 2 aromatic heterocycles. The Morgan fingerprint density at radius 1 is 1.35 bits per heavy atom. The van der Waals surface area contributed by atoms with Crippen molar-refractivity contribution in [2.45, 2.75) is 25.7 Å². The van der Waals surface area contributed by atoms with Gasteiger partial charge in [0.05, 0.1) is 11.3 Å². The van der Waals surface area contributed by atoms with Crippen LogP contribution in [0.4, 0.5) is 5.13 Å². The van der Waals surface area contributed by atoms with Crippen LogP contribution < -0.4 is 11.3 Å². The fourth-order valence-corrected chi connectivity index (χ4v) is 2.84. The van der Waals surface area contributed by atoms with Gasteiger partial charge in [0.1, 0.15) is 0 Å². The SMILES string of the molecule is Nc1nc(-c2cc3c([nH]c2=O)CCCC3)cs1. The van der Waals surface area contributed by atoms with E-state index in [1.807, 2.05) is 11.4 Å². The number of aromatic nitrogens is 2. The van der Waals surface area contributed by atoms with Gasteiger partial charge in [0, 0.05) is 11.1 Å². The zero-order valence-corrected chi connectivity index (χ0v) is 10.1. The molecule has 0 unspecified atom stereocenters. The maximum atomic E-state index is 12.0. The molecule has 0 spiro atoms. The van der Waals surface area contributed by atoms with Crippen LogP contribution in [0.1, 0.15) is 24.1 Å².